The predicted molar refractivity (Wildman–Crippen MR) is 166 cm³/mol. The van der Waals surface area contributed by atoms with Gasteiger partial charge in [-0.15, -0.1) is 41.5 Å². The minimum Gasteiger partial charge on any atom is -0.503 e. The van der Waals surface area contributed by atoms with Crippen LogP contribution < -0.4 is 4.74 Å². The molecule has 8 rings (SSSR count). The Balaban J connectivity index is 0.00000312. The molecule has 1 aliphatic carbocycles. The first-order valence-corrected chi connectivity index (χ1v) is 14.1. The molecule has 212 valence electrons. The maximum atomic E-state index is 13.7. The molecule has 5 aromatic carbocycles. The molecule has 0 amide bonds. The van der Waals surface area contributed by atoms with E-state index in [1.165, 1.54) is 34.4 Å². The van der Waals surface area contributed by atoms with Crippen molar-refractivity contribution in [1.82, 2.24) is 9.97 Å². The van der Waals surface area contributed by atoms with Gasteiger partial charge in [0.2, 0.25) is 0 Å². The Labute approximate surface area is 269 Å². The molecule has 0 atom stereocenters. The summed E-state index contributed by atoms with van der Waals surface area (Å²) < 4.78 is 20.0. The molecule has 0 fully saturated rings. The number of hydrogen-bond acceptors (Lipinski definition) is 3. The molecule has 5 heteroatoms. The van der Waals surface area contributed by atoms with E-state index in [1.807, 2.05) is 60.8 Å². The minimum atomic E-state index is -0.659. The van der Waals surface area contributed by atoms with E-state index < -0.39 is 5.41 Å². The van der Waals surface area contributed by atoms with Crippen LogP contribution in [0, 0.1) is 17.9 Å². The van der Waals surface area contributed by atoms with Crippen LogP contribution in [0.3, 0.4) is 0 Å². The molecule has 0 saturated carbocycles. The van der Waals surface area contributed by atoms with Gasteiger partial charge in [0, 0.05) is 23.1 Å². The quantitative estimate of drug-likeness (QED) is 0.165. The Morgan fingerprint density at radius 1 is 0.636 bits per heavy atom. The number of rotatable bonds is 5. The van der Waals surface area contributed by atoms with E-state index >= 15 is 0 Å². The molecule has 2 heterocycles. The third-order valence-corrected chi connectivity index (χ3v) is 8.09. The van der Waals surface area contributed by atoms with E-state index in [-0.39, 0.29) is 26.9 Å². The molecule has 44 heavy (non-hydrogen) atoms. The normalized spacial score (nSPS) is 12.7. The summed E-state index contributed by atoms with van der Waals surface area (Å²) in [7, 11) is 0. The Bertz CT molecular complexity index is 2100. The van der Waals surface area contributed by atoms with Crippen molar-refractivity contribution in [2.24, 2.45) is 0 Å². The van der Waals surface area contributed by atoms with Crippen LogP contribution in [0.5, 0.6) is 11.5 Å². The minimum absolute atomic E-state index is 0. The SMILES string of the molecule is Fc1ccc2nc(-c3[c-]c(Oc4[c-]c(C5(c6ccccn6)c6ccccc6-c6ccccc65)ccc4)ccc3)ccc2c1.[Pt+2]. The van der Waals surface area contributed by atoms with Gasteiger partial charge in [0.25, 0.3) is 0 Å². The maximum absolute atomic E-state index is 13.7. The summed E-state index contributed by atoms with van der Waals surface area (Å²) in [4.78, 5) is 9.62. The summed E-state index contributed by atoms with van der Waals surface area (Å²) in [6, 6.07) is 50.2. The standard InChI is InChI=1S/C39H23FN2O.Pt/c40-29-19-21-37-27(23-29)18-20-36(42-37)26-9-7-11-30(24-26)43-31-12-8-10-28(25-31)39(38-17-5-6-22-41-38)34-15-3-1-13-32(34)33-14-2-4-16-35(33)39;/h1-23H;/q-2;+2. The van der Waals surface area contributed by atoms with E-state index in [0.717, 1.165) is 33.4 Å². The second-order valence-electron chi connectivity index (χ2n) is 10.5. The molecule has 0 bridgehead atoms. The first kappa shape index (κ1) is 27.9. The molecule has 0 aliphatic heterocycles. The summed E-state index contributed by atoms with van der Waals surface area (Å²) in [6.07, 6.45) is 1.85. The molecule has 1 aliphatic rings. The summed E-state index contributed by atoms with van der Waals surface area (Å²) in [6.45, 7) is 0. The van der Waals surface area contributed by atoms with Gasteiger partial charge in [0.15, 0.2) is 0 Å². The van der Waals surface area contributed by atoms with Gasteiger partial charge in [0.1, 0.15) is 5.82 Å². The van der Waals surface area contributed by atoms with Crippen molar-refractivity contribution < 1.29 is 30.2 Å². The summed E-state index contributed by atoms with van der Waals surface area (Å²) in [5.74, 6) is 0.841. The van der Waals surface area contributed by atoms with Crippen molar-refractivity contribution >= 4 is 10.9 Å². The predicted octanol–water partition coefficient (Wildman–Crippen LogP) is 9.19. The number of nitrogens with zero attached hydrogens (tertiary/aromatic N) is 2. The van der Waals surface area contributed by atoms with Crippen molar-refractivity contribution in [3.05, 3.63) is 180 Å². The fourth-order valence-corrected chi connectivity index (χ4v) is 6.27. The van der Waals surface area contributed by atoms with E-state index in [0.29, 0.717) is 11.5 Å². The van der Waals surface area contributed by atoms with Crippen LogP contribution in [0.15, 0.2) is 140 Å². The average Bonchev–Trinajstić information content (AvgIpc) is 3.36. The van der Waals surface area contributed by atoms with Crippen LogP contribution in [0.2, 0.25) is 0 Å². The summed E-state index contributed by atoms with van der Waals surface area (Å²) in [5, 5.41) is 0.750. The number of hydrogen-bond donors (Lipinski definition) is 0. The molecule has 3 nitrogen and oxygen atoms in total. The van der Waals surface area contributed by atoms with Crippen molar-refractivity contribution in [2.75, 3.05) is 0 Å². The number of fused-ring (bicyclic) bond motifs is 4. The topological polar surface area (TPSA) is 35.0 Å². The number of halogens is 1. The van der Waals surface area contributed by atoms with Crippen molar-refractivity contribution in [1.29, 1.82) is 0 Å². The summed E-state index contributed by atoms with van der Waals surface area (Å²) in [5.41, 5.74) is 8.16. The second kappa shape index (κ2) is 11.3. The Hall–Kier alpha value is -4.92. The molecule has 0 saturated heterocycles. The molecule has 0 unspecified atom stereocenters. The van der Waals surface area contributed by atoms with Crippen LogP contribution in [-0.2, 0) is 26.5 Å². The number of aromatic nitrogens is 2. The smallest absolute Gasteiger partial charge is 0.503 e. The number of benzene rings is 5. The van der Waals surface area contributed by atoms with Crippen LogP contribution >= 0.6 is 0 Å². The molecule has 0 radical (unpaired) electrons. The Kier molecular flexibility index (Phi) is 7.16. The second-order valence-corrected chi connectivity index (χ2v) is 10.5. The van der Waals surface area contributed by atoms with E-state index in [1.54, 1.807) is 6.07 Å². The van der Waals surface area contributed by atoms with Crippen LogP contribution in [-0.4, -0.2) is 9.97 Å². The third kappa shape index (κ3) is 4.54. The van der Waals surface area contributed by atoms with Crippen LogP contribution in [0.4, 0.5) is 4.39 Å². The van der Waals surface area contributed by atoms with E-state index in [4.69, 9.17) is 14.7 Å². The summed E-state index contributed by atoms with van der Waals surface area (Å²) >= 11 is 0. The van der Waals surface area contributed by atoms with Crippen LogP contribution in [0.25, 0.3) is 33.3 Å². The Morgan fingerprint density at radius 2 is 1.34 bits per heavy atom. The van der Waals surface area contributed by atoms with Gasteiger partial charge in [-0.1, -0.05) is 72.8 Å². The number of ether oxygens (including phenoxy) is 1. The number of pyridine rings is 2. The average molecular weight is 750 g/mol. The largest absolute Gasteiger partial charge is 2.00 e. The van der Waals surface area contributed by atoms with Crippen molar-refractivity contribution in [3.8, 4) is 33.9 Å². The van der Waals surface area contributed by atoms with Gasteiger partial charge in [-0.25, -0.2) is 4.39 Å². The van der Waals surface area contributed by atoms with Crippen LogP contribution in [0.1, 0.15) is 22.4 Å². The van der Waals surface area contributed by atoms with Crippen molar-refractivity contribution in [2.45, 2.75) is 5.41 Å². The molecular formula is C39H23FN2OPt. The zero-order valence-corrected chi connectivity index (χ0v) is 25.5. The Morgan fingerprint density at radius 3 is 2.09 bits per heavy atom. The van der Waals surface area contributed by atoms with E-state index in [2.05, 4.69) is 72.8 Å². The van der Waals surface area contributed by atoms with Gasteiger partial charge >= 0.3 is 21.1 Å². The molecular weight excluding hydrogens is 727 g/mol. The van der Waals surface area contributed by atoms with Gasteiger partial charge in [-0.05, 0) is 58.3 Å². The van der Waals surface area contributed by atoms with Gasteiger partial charge < -0.3 is 4.74 Å². The molecule has 0 spiro atoms. The monoisotopic (exact) mass is 749 g/mol. The van der Waals surface area contributed by atoms with Gasteiger partial charge in [-0.3, -0.25) is 9.97 Å². The molecule has 7 aromatic rings. The first-order valence-electron chi connectivity index (χ1n) is 14.1. The van der Waals surface area contributed by atoms with E-state index in [9.17, 15) is 4.39 Å². The third-order valence-electron chi connectivity index (χ3n) is 8.09. The first-order chi connectivity index (χ1) is 21.2. The molecule has 0 N–H and O–H groups in total. The maximum Gasteiger partial charge on any atom is 2.00 e. The zero-order valence-electron chi connectivity index (χ0n) is 23.3. The molecule has 2 aromatic heterocycles. The van der Waals surface area contributed by atoms with Gasteiger partial charge in [-0.2, -0.15) is 12.1 Å². The van der Waals surface area contributed by atoms with Gasteiger partial charge in [0.05, 0.1) is 16.6 Å². The fourth-order valence-electron chi connectivity index (χ4n) is 6.27. The van der Waals surface area contributed by atoms with Crippen molar-refractivity contribution in [3.63, 3.8) is 0 Å². The fraction of sp³-hybridized carbons (Fsp3) is 0.0256. The zero-order chi connectivity index (χ0) is 28.8.